The maximum Gasteiger partial charge on any atom is 0.433 e. The van der Waals surface area contributed by atoms with Crippen molar-refractivity contribution < 1.29 is 18.0 Å². The number of carbonyl (C=O) groups excluding carboxylic acids is 1. The van der Waals surface area contributed by atoms with Gasteiger partial charge in [0.05, 0.1) is 17.6 Å². The molecule has 2 aromatic heterocycles. The highest BCUT2D eigenvalue weighted by Crippen LogP contribution is 2.29. The number of amides is 1. The summed E-state index contributed by atoms with van der Waals surface area (Å²) in [6, 6.07) is 0.717. The minimum absolute atomic E-state index is 0.298. The van der Waals surface area contributed by atoms with Gasteiger partial charge in [0, 0.05) is 19.7 Å². The molecule has 0 saturated heterocycles. The summed E-state index contributed by atoms with van der Waals surface area (Å²) in [7, 11) is 1.14. The number of carbonyl (C=O) groups is 1. The van der Waals surface area contributed by atoms with E-state index in [1.807, 2.05) is 6.92 Å². The van der Waals surface area contributed by atoms with E-state index in [4.69, 9.17) is 0 Å². The normalized spacial score (nSPS) is 11.7. The lowest BCUT2D eigenvalue weighted by atomic mass is 10.3. The highest BCUT2D eigenvalue weighted by Gasteiger charge is 2.35. The quantitative estimate of drug-likeness (QED) is 0.945. The van der Waals surface area contributed by atoms with Gasteiger partial charge in [0.1, 0.15) is 5.69 Å². The lowest BCUT2D eigenvalue weighted by Crippen LogP contribution is -2.13. The predicted octanol–water partition coefficient (Wildman–Crippen LogP) is 2.22. The maximum atomic E-state index is 12.7. The fourth-order valence-corrected chi connectivity index (χ4v) is 1.92. The molecule has 0 saturated carbocycles. The molecular weight excluding hydrogens is 287 g/mol. The fourth-order valence-electron chi connectivity index (χ4n) is 1.92. The number of rotatable bonds is 3. The van der Waals surface area contributed by atoms with Crippen molar-refractivity contribution in [2.45, 2.75) is 26.6 Å². The minimum Gasteiger partial charge on any atom is -0.318 e. The van der Waals surface area contributed by atoms with Gasteiger partial charge >= 0.3 is 6.18 Å². The van der Waals surface area contributed by atoms with Gasteiger partial charge in [-0.05, 0) is 13.8 Å². The first-order chi connectivity index (χ1) is 9.74. The summed E-state index contributed by atoms with van der Waals surface area (Å²) in [5, 5.41) is 10.1. The Morgan fingerprint density at radius 1 is 1.43 bits per heavy atom. The van der Waals surface area contributed by atoms with E-state index in [1.54, 1.807) is 11.6 Å². The number of aryl methyl sites for hydroxylation is 2. The SMILES string of the molecule is CCn1ncc(NC(=O)c2cc(C(F)(F)F)n(C)n2)c1C. The third-order valence-corrected chi connectivity index (χ3v) is 3.05. The molecule has 0 aliphatic heterocycles. The Hall–Kier alpha value is -2.32. The summed E-state index contributed by atoms with van der Waals surface area (Å²) in [4.78, 5) is 12.0. The van der Waals surface area contributed by atoms with E-state index in [-0.39, 0.29) is 5.69 Å². The number of nitrogens with zero attached hydrogens (tertiary/aromatic N) is 4. The van der Waals surface area contributed by atoms with Gasteiger partial charge in [-0.1, -0.05) is 0 Å². The lowest BCUT2D eigenvalue weighted by Gasteiger charge is -2.04. The molecule has 0 fully saturated rings. The van der Waals surface area contributed by atoms with Gasteiger partial charge in [0.25, 0.3) is 5.91 Å². The van der Waals surface area contributed by atoms with Crippen LogP contribution in [-0.4, -0.2) is 25.5 Å². The average Bonchev–Trinajstić information content (AvgIpc) is 2.93. The highest BCUT2D eigenvalue weighted by atomic mass is 19.4. The minimum atomic E-state index is -4.55. The molecular formula is C12H14F3N5O. The molecule has 0 atom stereocenters. The molecule has 0 aromatic carbocycles. The summed E-state index contributed by atoms with van der Waals surface area (Å²) in [6.07, 6.45) is -3.10. The molecule has 1 N–H and O–H groups in total. The second-order valence-corrected chi connectivity index (χ2v) is 4.45. The number of anilines is 1. The van der Waals surface area contributed by atoms with Gasteiger partial charge in [-0.2, -0.15) is 23.4 Å². The Morgan fingerprint density at radius 2 is 2.10 bits per heavy atom. The van der Waals surface area contributed by atoms with Crippen LogP contribution in [0, 0.1) is 6.92 Å². The van der Waals surface area contributed by atoms with Crippen molar-refractivity contribution in [2.75, 3.05) is 5.32 Å². The van der Waals surface area contributed by atoms with Crippen molar-refractivity contribution >= 4 is 11.6 Å². The Balaban J connectivity index is 2.23. The van der Waals surface area contributed by atoms with Crippen LogP contribution in [0.2, 0.25) is 0 Å². The monoisotopic (exact) mass is 301 g/mol. The average molecular weight is 301 g/mol. The van der Waals surface area contributed by atoms with E-state index in [2.05, 4.69) is 15.5 Å². The van der Waals surface area contributed by atoms with Crippen LogP contribution >= 0.6 is 0 Å². The number of aromatic nitrogens is 4. The summed E-state index contributed by atoms with van der Waals surface area (Å²) < 4.78 is 40.3. The highest BCUT2D eigenvalue weighted by molar-refractivity contribution is 6.03. The molecule has 0 aliphatic carbocycles. The maximum absolute atomic E-state index is 12.7. The van der Waals surface area contributed by atoms with Crippen LogP contribution in [-0.2, 0) is 19.8 Å². The number of hydrogen-bond acceptors (Lipinski definition) is 3. The van der Waals surface area contributed by atoms with Gasteiger partial charge in [-0.25, -0.2) is 0 Å². The Morgan fingerprint density at radius 3 is 2.57 bits per heavy atom. The van der Waals surface area contributed by atoms with Crippen LogP contribution in [0.25, 0.3) is 0 Å². The smallest absolute Gasteiger partial charge is 0.318 e. The largest absolute Gasteiger partial charge is 0.433 e. The van der Waals surface area contributed by atoms with Crippen LogP contribution in [0.15, 0.2) is 12.3 Å². The zero-order chi connectivity index (χ0) is 15.8. The van der Waals surface area contributed by atoms with E-state index in [0.717, 1.165) is 18.8 Å². The van der Waals surface area contributed by atoms with Gasteiger partial charge < -0.3 is 5.32 Å². The molecule has 114 valence electrons. The molecule has 0 radical (unpaired) electrons. The lowest BCUT2D eigenvalue weighted by molar-refractivity contribution is -0.143. The van der Waals surface area contributed by atoms with E-state index in [1.165, 1.54) is 6.20 Å². The third-order valence-electron chi connectivity index (χ3n) is 3.05. The molecule has 21 heavy (non-hydrogen) atoms. The molecule has 0 unspecified atom stereocenters. The second kappa shape index (κ2) is 5.23. The molecule has 2 heterocycles. The zero-order valence-electron chi connectivity index (χ0n) is 11.7. The van der Waals surface area contributed by atoms with Gasteiger partial charge in [0.15, 0.2) is 5.69 Å². The summed E-state index contributed by atoms with van der Waals surface area (Å²) in [5.41, 5.74) is -0.110. The van der Waals surface area contributed by atoms with E-state index in [0.29, 0.717) is 16.9 Å². The molecule has 1 amide bonds. The molecule has 0 spiro atoms. The third kappa shape index (κ3) is 2.91. The van der Waals surface area contributed by atoms with Crippen molar-refractivity contribution in [1.82, 2.24) is 19.6 Å². The van der Waals surface area contributed by atoms with Gasteiger partial charge in [-0.15, -0.1) is 0 Å². The van der Waals surface area contributed by atoms with Crippen molar-refractivity contribution in [1.29, 1.82) is 0 Å². The van der Waals surface area contributed by atoms with Crippen molar-refractivity contribution in [3.05, 3.63) is 29.3 Å². The van der Waals surface area contributed by atoms with E-state index >= 15 is 0 Å². The van der Waals surface area contributed by atoms with Crippen LogP contribution in [0.4, 0.5) is 18.9 Å². The first-order valence-electron chi connectivity index (χ1n) is 6.19. The van der Waals surface area contributed by atoms with Crippen LogP contribution in [0.1, 0.15) is 28.8 Å². The topological polar surface area (TPSA) is 64.7 Å². The molecule has 6 nitrogen and oxygen atoms in total. The number of halogens is 3. The van der Waals surface area contributed by atoms with Crippen LogP contribution in [0.5, 0.6) is 0 Å². The summed E-state index contributed by atoms with van der Waals surface area (Å²) >= 11 is 0. The molecule has 0 aliphatic rings. The molecule has 9 heteroatoms. The van der Waals surface area contributed by atoms with Gasteiger partial charge in [-0.3, -0.25) is 14.2 Å². The van der Waals surface area contributed by atoms with Gasteiger partial charge in [0.2, 0.25) is 0 Å². The predicted molar refractivity (Wildman–Crippen MR) is 68.8 cm³/mol. The Kier molecular flexibility index (Phi) is 3.75. The standard InChI is InChI=1S/C12H14F3N5O/c1-4-20-7(2)9(6-16-20)17-11(21)8-5-10(12(13,14)15)19(3)18-8/h5-6H,4H2,1-3H3,(H,17,21). The fraction of sp³-hybridized carbons (Fsp3) is 0.417. The van der Waals surface area contributed by atoms with E-state index in [9.17, 15) is 18.0 Å². The molecule has 2 rings (SSSR count). The number of nitrogens with one attached hydrogen (secondary N) is 1. The number of alkyl halides is 3. The van der Waals surface area contributed by atoms with Crippen molar-refractivity contribution in [3.63, 3.8) is 0 Å². The summed E-state index contributed by atoms with van der Waals surface area (Å²) in [5.74, 6) is -0.708. The molecule has 2 aromatic rings. The summed E-state index contributed by atoms with van der Waals surface area (Å²) in [6.45, 7) is 4.27. The van der Waals surface area contributed by atoms with Crippen LogP contribution in [0.3, 0.4) is 0 Å². The Bertz CT molecular complexity index is 671. The van der Waals surface area contributed by atoms with Crippen molar-refractivity contribution in [2.24, 2.45) is 7.05 Å². The van der Waals surface area contributed by atoms with Crippen molar-refractivity contribution in [3.8, 4) is 0 Å². The zero-order valence-corrected chi connectivity index (χ0v) is 11.7. The Labute approximate surface area is 118 Å². The second-order valence-electron chi connectivity index (χ2n) is 4.45. The number of hydrogen-bond donors (Lipinski definition) is 1. The van der Waals surface area contributed by atoms with E-state index < -0.39 is 17.8 Å². The molecule has 0 bridgehead atoms. The first kappa shape index (κ1) is 15.1. The first-order valence-corrected chi connectivity index (χ1v) is 6.19. The van der Waals surface area contributed by atoms with Crippen LogP contribution < -0.4 is 5.32 Å².